The molecule has 3 rings (SSSR count). The van der Waals surface area contributed by atoms with Crippen LogP contribution in [0.25, 0.3) is 0 Å². The second-order valence-corrected chi connectivity index (χ2v) is 6.45. The van der Waals surface area contributed by atoms with Gasteiger partial charge in [0, 0.05) is 5.69 Å². The van der Waals surface area contributed by atoms with Gasteiger partial charge in [-0.05, 0) is 43.7 Å². The average Bonchev–Trinajstić information content (AvgIpc) is 3.10. The fraction of sp³-hybridized carbons (Fsp3) is 0.190. The van der Waals surface area contributed by atoms with Gasteiger partial charge < -0.3 is 14.6 Å². The molecule has 0 aliphatic heterocycles. The number of halogens is 3. The molecule has 0 bridgehead atoms. The number of amides is 1. The van der Waals surface area contributed by atoms with Crippen LogP contribution in [0.2, 0.25) is 0 Å². The van der Waals surface area contributed by atoms with Crippen molar-refractivity contribution < 1.29 is 32.0 Å². The molecule has 0 spiro atoms. The fourth-order valence-electron chi connectivity index (χ4n) is 2.72. The van der Waals surface area contributed by atoms with Crippen molar-refractivity contribution in [1.29, 1.82) is 0 Å². The summed E-state index contributed by atoms with van der Waals surface area (Å²) in [7, 11) is 0. The van der Waals surface area contributed by atoms with Gasteiger partial charge in [0.1, 0.15) is 17.4 Å². The van der Waals surface area contributed by atoms with E-state index in [1.807, 2.05) is 6.07 Å². The van der Waals surface area contributed by atoms with Crippen LogP contribution in [0.15, 0.2) is 59.1 Å². The van der Waals surface area contributed by atoms with Gasteiger partial charge in [-0.15, -0.1) is 0 Å². The first-order valence-electron chi connectivity index (χ1n) is 8.87. The average molecular weight is 418 g/mol. The summed E-state index contributed by atoms with van der Waals surface area (Å²) in [5, 5.41) is 6.04. The Hall–Kier alpha value is -3.62. The molecule has 6 nitrogen and oxygen atoms in total. The molecular weight excluding hydrogens is 401 g/mol. The number of hydrogen-bond acceptors (Lipinski definition) is 5. The topological polar surface area (TPSA) is 81.4 Å². The summed E-state index contributed by atoms with van der Waals surface area (Å²) in [6, 6.07) is 12.9. The third-order valence-corrected chi connectivity index (χ3v) is 4.31. The molecule has 1 atom stereocenters. The van der Waals surface area contributed by atoms with Crippen LogP contribution in [0.1, 0.15) is 50.8 Å². The normalized spacial score (nSPS) is 12.3. The van der Waals surface area contributed by atoms with Crippen LogP contribution in [0, 0.1) is 6.92 Å². The smallest absolute Gasteiger partial charge is 0.416 e. The van der Waals surface area contributed by atoms with E-state index in [9.17, 15) is 22.8 Å². The van der Waals surface area contributed by atoms with Crippen molar-refractivity contribution in [2.75, 3.05) is 5.32 Å². The highest BCUT2D eigenvalue weighted by Crippen LogP contribution is 2.30. The molecule has 3 aromatic rings. The highest BCUT2D eigenvalue weighted by atomic mass is 19.4. The van der Waals surface area contributed by atoms with Crippen LogP contribution in [0.3, 0.4) is 0 Å². The fourth-order valence-corrected chi connectivity index (χ4v) is 2.72. The molecule has 1 N–H and O–H groups in total. The number of ether oxygens (including phenoxy) is 1. The minimum atomic E-state index is -4.49. The first-order chi connectivity index (χ1) is 14.2. The molecule has 0 saturated heterocycles. The molecule has 0 saturated carbocycles. The molecule has 1 unspecified atom stereocenters. The lowest BCUT2D eigenvalue weighted by Gasteiger charge is -2.13. The van der Waals surface area contributed by atoms with E-state index < -0.39 is 29.7 Å². The van der Waals surface area contributed by atoms with Gasteiger partial charge in [-0.3, -0.25) is 4.79 Å². The predicted octanol–water partition coefficient (Wildman–Crippen LogP) is 5.17. The van der Waals surface area contributed by atoms with Gasteiger partial charge in [-0.25, -0.2) is 4.79 Å². The maximum atomic E-state index is 12.7. The van der Waals surface area contributed by atoms with Crippen LogP contribution in [0.5, 0.6) is 0 Å². The van der Waals surface area contributed by atoms with E-state index in [0.717, 1.165) is 29.8 Å². The van der Waals surface area contributed by atoms with Gasteiger partial charge >= 0.3 is 12.1 Å². The third-order valence-electron chi connectivity index (χ3n) is 4.31. The number of aromatic nitrogens is 1. The number of alkyl halides is 3. The minimum absolute atomic E-state index is 0.0683. The number of carbonyl (C=O) groups is 2. The summed E-state index contributed by atoms with van der Waals surface area (Å²) in [5.74, 6) is -1.55. The van der Waals surface area contributed by atoms with E-state index in [2.05, 4.69) is 10.5 Å². The van der Waals surface area contributed by atoms with E-state index >= 15 is 0 Å². The van der Waals surface area contributed by atoms with Crippen LogP contribution in [-0.2, 0) is 10.9 Å². The Morgan fingerprint density at radius 3 is 2.30 bits per heavy atom. The molecule has 9 heteroatoms. The van der Waals surface area contributed by atoms with E-state index in [1.54, 1.807) is 31.2 Å². The Morgan fingerprint density at radius 1 is 1.07 bits per heavy atom. The van der Waals surface area contributed by atoms with Crippen LogP contribution < -0.4 is 5.32 Å². The maximum Gasteiger partial charge on any atom is 0.416 e. The quantitative estimate of drug-likeness (QED) is 0.578. The predicted molar refractivity (Wildman–Crippen MR) is 101 cm³/mol. The summed E-state index contributed by atoms with van der Waals surface area (Å²) in [5.41, 5.74) is -0.451. The van der Waals surface area contributed by atoms with Crippen LogP contribution in [0.4, 0.5) is 18.9 Å². The monoisotopic (exact) mass is 418 g/mol. The van der Waals surface area contributed by atoms with Crippen LogP contribution in [-0.4, -0.2) is 17.0 Å². The first-order valence-corrected chi connectivity index (χ1v) is 8.87. The van der Waals surface area contributed by atoms with E-state index in [0.29, 0.717) is 0 Å². The molecule has 1 heterocycles. The summed E-state index contributed by atoms with van der Waals surface area (Å²) in [6.45, 7) is 3.11. The Morgan fingerprint density at radius 2 is 1.70 bits per heavy atom. The van der Waals surface area contributed by atoms with E-state index in [-0.39, 0.29) is 22.7 Å². The third kappa shape index (κ3) is 4.68. The molecular formula is C21H17F3N2O4. The summed E-state index contributed by atoms with van der Waals surface area (Å²) in [6.07, 6.45) is -5.08. The molecule has 0 fully saturated rings. The van der Waals surface area contributed by atoms with Crippen molar-refractivity contribution >= 4 is 17.6 Å². The number of esters is 1. The minimum Gasteiger partial charge on any atom is -0.453 e. The van der Waals surface area contributed by atoms with Gasteiger partial charge in [-0.2, -0.15) is 13.2 Å². The zero-order valence-corrected chi connectivity index (χ0v) is 16.0. The van der Waals surface area contributed by atoms with Gasteiger partial charge in [0.25, 0.3) is 5.91 Å². The molecule has 0 radical (unpaired) electrons. The number of aryl methyl sites for hydroxylation is 1. The number of anilines is 1. The second kappa shape index (κ2) is 8.40. The lowest BCUT2D eigenvalue weighted by molar-refractivity contribution is -0.137. The van der Waals surface area contributed by atoms with E-state index in [1.165, 1.54) is 6.92 Å². The largest absolute Gasteiger partial charge is 0.453 e. The lowest BCUT2D eigenvalue weighted by Crippen LogP contribution is -2.18. The summed E-state index contributed by atoms with van der Waals surface area (Å²) >= 11 is 0. The second-order valence-electron chi connectivity index (χ2n) is 6.45. The van der Waals surface area contributed by atoms with Crippen molar-refractivity contribution in [1.82, 2.24) is 5.16 Å². The number of rotatable bonds is 5. The van der Waals surface area contributed by atoms with Gasteiger partial charge in [0.2, 0.25) is 5.69 Å². The Kier molecular flexibility index (Phi) is 5.91. The molecule has 0 aliphatic rings. The number of hydrogen-bond donors (Lipinski definition) is 1. The molecule has 2 aromatic carbocycles. The molecule has 30 heavy (non-hydrogen) atoms. The van der Waals surface area contributed by atoms with Crippen molar-refractivity contribution in [3.63, 3.8) is 0 Å². The Balaban J connectivity index is 1.76. The summed E-state index contributed by atoms with van der Waals surface area (Å²) in [4.78, 5) is 25.1. The van der Waals surface area contributed by atoms with Crippen molar-refractivity contribution in [2.45, 2.75) is 26.1 Å². The number of nitrogens with one attached hydrogen (secondary N) is 1. The van der Waals surface area contributed by atoms with Crippen molar-refractivity contribution in [2.24, 2.45) is 0 Å². The van der Waals surface area contributed by atoms with Crippen molar-refractivity contribution in [3.05, 3.63) is 82.7 Å². The SMILES string of the molecule is Cc1onc(C(=O)OC(C)c2ccccc2)c1C(=O)Nc1ccc(C(F)(F)F)cc1. The lowest BCUT2D eigenvalue weighted by atomic mass is 10.1. The summed E-state index contributed by atoms with van der Waals surface area (Å²) < 4.78 is 48.3. The molecule has 1 amide bonds. The molecule has 0 aliphatic carbocycles. The zero-order valence-electron chi connectivity index (χ0n) is 16.0. The van der Waals surface area contributed by atoms with Gasteiger partial charge in [-0.1, -0.05) is 35.5 Å². The Labute approximate surface area is 169 Å². The van der Waals surface area contributed by atoms with E-state index in [4.69, 9.17) is 9.26 Å². The number of nitrogens with zero attached hydrogens (tertiary/aromatic N) is 1. The number of benzene rings is 2. The van der Waals surface area contributed by atoms with Gasteiger partial charge in [0.15, 0.2) is 0 Å². The van der Waals surface area contributed by atoms with Gasteiger partial charge in [0.05, 0.1) is 5.56 Å². The highest BCUT2D eigenvalue weighted by molar-refractivity contribution is 6.10. The first kappa shape index (κ1) is 21.1. The van der Waals surface area contributed by atoms with Crippen molar-refractivity contribution in [3.8, 4) is 0 Å². The Bertz CT molecular complexity index is 1040. The van der Waals surface area contributed by atoms with Crippen LogP contribution >= 0.6 is 0 Å². The zero-order chi connectivity index (χ0) is 21.9. The molecule has 1 aromatic heterocycles. The molecule has 156 valence electrons. The highest BCUT2D eigenvalue weighted by Gasteiger charge is 2.31. The number of carbonyl (C=O) groups excluding carboxylic acids is 2. The standard InChI is InChI=1S/C21H17F3N2O4/c1-12(14-6-4-3-5-7-14)29-20(28)18-17(13(2)30-26-18)19(27)25-16-10-8-15(9-11-16)21(22,23)24/h3-12H,1-2H3,(H,25,27). The maximum absolute atomic E-state index is 12.7.